The smallest absolute Gasteiger partial charge is 0.251 e. The fraction of sp³-hybridized carbons (Fsp3) is 0.500. The summed E-state index contributed by atoms with van der Waals surface area (Å²) in [5.41, 5.74) is 0.339. The highest BCUT2D eigenvalue weighted by atomic mass is 32.2. The van der Waals surface area contributed by atoms with Crippen molar-refractivity contribution in [2.75, 3.05) is 12.8 Å². The van der Waals surface area contributed by atoms with Crippen molar-refractivity contribution in [1.29, 1.82) is 0 Å². The fourth-order valence-electron chi connectivity index (χ4n) is 2.44. The van der Waals surface area contributed by atoms with Crippen molar-refractivity contribution >= 4 is 15.7 Å². The van der Waals surface area contributed by atoms with Crippen LogP contribution in [-0.4, -0.2) is 38.3 Å². The maximum absolute atomic E-state index is 12.0. The average molecular weight is 297 g/mol. The molecule has 0 spiro atoms. The third-order valence-electron chi connectivity index (χ3n) is 3.59. The number of carbonyl (C=O) groups is 1. The molecule has 1 fully saturated rings. The summed E-state index contributed by atoms with van der Waals surface area (Å²) in [7, 11) is -3.31. The van der Waals surface area contributed by atoms with Crippen molar-refractivity contribution in [3.05, 3.63) is 29.8 Å². The molecule has 110 valence electrons. The van der Waals surface area contributed by atoms with Gasteiger partial charge in [0.1, 0.15) is 0 Å². The molecule has 0 radical (unpaired) electrons. The van der Waals surface area contributed by atoms with Crippen molar-refractivity contribution in [2.24, 2.45) is 5.92 Å². The third-order valence-corrected chi connectivity index (χ3v) is 4.70. The molecule has 1 aliphatic carbocycles. The van der Waals surface area contributed by atoms with Crippen LogP contribution in [0.4, 0.5) is 0 Å². The Bertz CT molecular complexity index is 597. The molecule has 1 aliphatic rings. The summed E-state index contributed by atoms with van der Waals surface area (Å²) < 4.78 is 22.9. The number of sulfone groups is 1. The molecule has 20 heavy (non-hydrogen) atoms. The molecule has 0 aromatic heterocycles. The van der Waals surface area contributed by atoms with Gasteiger partial charge in [-0.1, -0.05) is 6.07 Å². The lowest BCUT2D eigenvalue weighted by Gasteiger charge is -2.11. The van der Waals surface area contributed by atoms with E-state index in [9.17, 15) is 18.3 Å². The summed E-state index contributed by atoms with van der Waals surface area (Å²) in [6, 6.07) is 6.01. The van der Waals surface area contributed by atoms with Crippen LogP contribution in [0.2, 0.25) is 0 Å². The van der Waals surface area contributed by atoms with E-state index in [1.165, 1.54) is 12.1 Å². The Morgan fingerprint density at radius 3 is 2.75 bits per heavy atom. The van der Waals surface area contributed by atoms with Crippen LogP contribution >= 0.6 is 0 Å². The van der Waals surface area contributed by atoms with Gasteiger partial charge < -0.3 is 10.4 Å². The zero-order valence-electron chi connectivity index (χ0n) is 11.4. The van der Waals surface area contributed by atoms with Crippen LogP contribution in [0.25, 0.3) is 0 Å². The average Bonchev–Trinajstić information content (AvgIpc) is 2.81. The Morgan fingerprint density at radius 1 is 1.40 bits per heavy atom. The van der Waals surface area contributed by atoms with Gasteiger partial charge in [0.05, 0.1) is 11.0 Å². The number of carbonyl (C=O) groups excluding carboxylic acids is 1. The predicted octanol–water partition coefficient (Wildman–Crippen LogP) is 0.981. The van der Waals surface area contributed by atoms with E-state index in [4.69, 9.17) is 0 Å². The van der Waals surface area contributed by atoms with Crippen molar-refractivity contribution in [3.63, 3.8) is 0 Å². The summed E-state index contributed by atoms with van der Waals surface area (Å²) in [5, 5.41) is 12.2. The first-order valence-electron chi connectivity index (χ1n) is 6.62. The number of amides is 1. The van der Waals surface area contributed by atoms with Gasteiger partial charge in [0.15, 0.2) is 9.84 Å². The van der Waals surface area contributed by atoms with Gasteiger partial charge in [0.25, 0.3) is 5.91 Å². The standard InChI is InChI=1S/C14H19NO4S/c1-20(18,19)13-4-2-3-11(8-13)14(17)15-9-10-5-6-12(16)7-10/h2-4,8,10,12,16H,5-7,9H2,1H3,(H,15,17). The molecule has 1 aromatic carbocycles. The molecule has 0 saturated heterocycles. The van der Waals surface area contributed by atoms with Crippen LogP contribution in [-0.2, 0) is 9.84 Å². The van der Waals surface area contributed by atoms with Crippen LogP contribution in [0.5, 0.6) is 0 Å². The molecular formula is C14H19NO4S. The Balaban J connectivity index is 1.99. The maximum atomic E-state index is 12.0. The number of nitrogens with one attached hydrogen (secondary N) is 1. The minimum absolute atomic E-state index is 0.140. The van der Waals surface area contributed by atoms with Gasteiger partial charge in [-0.15, -0.1) is 0 Å². The van der Waals surface area contributed by atoms with Crippen molar-refractivity contribution in [1.82, 2.24) is 5.32 Å². The summed E-state index contributed by atoms with van der Waals surface area (Å²) in [6.45, 7) is 0.513. The van der Waals surface area contributed by atoms with E-state index in [0.29, 0.717) is 24.4 Å². The number of rotatable bonds is 4. The largest absolute Gasteiger partial charge is 0.393 e. The van der Waals surface area contributed by atoms with Crippen LogP contribution in [0.1, 0.15) is 29.6 Å². The molecule has 6 heteroatoms. The third kappa shape index (κ3) is 3.80. The van der Waals surface area contributed by atoms with Crippen LogP contribution in [0.3, 0.4) is 0 Å². The topological polar surface area (TPSA) is 83.5 Å². The minimum atomic E-state index is -3.31. The van der Waals surface area contributed by atoms with E-state index in [2.05, 4.69) is 5.32 Å². The second kappa shape index (κ2) is 5.93. The molecule has 0 bridgehead atoms. The minimum Gasteiger partial charge on any atom is -0.393 e. The van der Waals surface area contributed by atoms with Crippen molar-refractivity contribution in [3.8, 4) is 0 Å². The Kier molecular flexibility index (Phi) is 4.45. The maximum Gasteiger partial charge on any atom is 0.251 e. The summed E-state index contributed by atoms with van der Waals surface area (Å²) in [6.07, 6.45) is 3.26. The van der Waals surface area contributed by atoms with Gasteiger partial charge >= 0.3 is 0 Å². The molecule has 1 aromatic rings. The highest BCUT2D eigenvalue weighted by Crippen LogP contribution is 2.24. The molecule has 1 saturated carbocycles. The highest BCUT2D eigenvalue weighted by molar-refractivity contribution is 7.90. The van der Waals surface area contributed by atoms with E-state index < -0.39 is 9.84 Å². The number of hydrogen-bond donors (Lipinski definition) is 2. The summed E-state index contributed by atoms with van der Waals surface area (Å²) in [5.74, 6) is 0.0175. The summed E-state index contributed by atoms with van der Waals surface area (Å²) in [4.78, 5) is 12.1. The van der Waals surface area contributed by atoms with E-state index in [0.717, 1.165) is 19.1 Å². The number of aliphatic hydroxyl groups is 1. The molecular weight excluding hydrogens is 278 g/mol. The second-order valence-corrected chi connectivity index (χ2v) is 7.36. The monoisotopic (exact) mass is 297 g/mol. The zero-order valence-corrected chi connectivity index (χ0v) is 12.2. The first kappa shape index (κ1) is 15.0. The van der Waals surface area contributed by atoms with E-state index in [1.807, 2.05) is 0 Å². The normalized spacial score (nSPS) is 22.7. The molecule has 1 amide bonds. The Labute approximate surface area is 118 Å². The second-order valence-electron chi connectivity index (χ2n) is 5.34. The number of benzene rings is 1. The lowest BCUT2D eigenvalue weighted by atomic mass is 10.1. The molecule has 2 atom stereocenters. The number of hydrogen-bond acceptors (Lipinski definition) is 4. The zero-order chi connectivity index (χ0) is 14.8. The quantitative estimate of drug-likeness (QED) is 0.868. The fourth-order valence-corrected chi connectivity index (χ4v) is 3.11. The molecule has 5 nitrogen and oxygen atoms in total. The van der Waals surface area contributed by atoms with Crippen molar-refractivity contribution in [2.45, 2.75) is 30.3 Å². The molecule has 0 aliphatic heterocycles. The molecule has 0 heterocycles. The van der Waals surface area contributed by atoms with Gasteiger partial charge in [0, 0.05) is 18.4 Å². The van der Waals surface area contributed by atoms with E-state index >= 15 is 0 Å². The van der Waals surface area contributed by atoms with Gasteiger partial charge in [-0.2, -0.15) is 0 Å². The van der Waals surface area contributed by atoms with Crippen LogP contribution in [0.15, 0.2) is 29.2 Å². The van der Waals surface area contributed by atoms with Crippen LogP contribution in [0, 0.1) is 5.92 Å². The SMILES string of the molecule is CS(=O)(=O)c1cccc(C(=O)NCC2CCC(O)C2)c1. The first-order chi connectivity index (χ1) is 9.36. The number of aliphatic hydroxyl groups excluding tert-OH is 1. The van der Waals surface area contributed by atoms with Gasteiger partial charge in [-0.3, -0.25) is 4.79 Å². The van der Waals surface area contributed by atoms with E-state index in [1.54, 1.807) is 12.1 Å². The highest BCUT2D eigenvalue weighted by Gasteiger charge is 2.23. The lowest BCUT2D eigenvalue weighted by Crippen LogP contribution is -2.28. The summed E-state index contributed by atoms with van der Waals surface area (Å²) >= 11 is 0. The van der Waals surface area contributed by atoms with Gasteiger partial charge in [-0.25, -0.2) is 8.42 Å². The molecule has 2 unspecified atom stereocenters. The Hall–Kier alpha value is -1.40. The Morgan fingerprint density at radius 2 is 2.15 bits per heavy atom. The predicted molar refractivity (Wildman–Crippen MR) is 75.2 cm³/mol. The van der Waals surface area contributed by atoms with E-state index in [-0.39, 0.29) is 16.9 Å². The van der Waals surface area contributed by atoms with Crippen molar-refractivity contribution < 1.29 is 18.3 Å². The van der Waals surface area contributed by atoms with Crippen LogP contribution < -0.4 is 5.32 Å². The van der Waals surface area contributed by atoms with Gasteiger partial charge in [-0.05, 0) is 43.4 Å². The lowest BCUT2D eigenvalue weighted by molar-refractivity contribution is 0.0945. The molecule has 2 N–H and O–H groups in total. The first-order valence-corrected chi connectivity index (χ1v) is 8.52. The molecule has 2 rings (SSSR count). The van der Waals surface area contributed by atoms with Gasteiger partial charge in [0.2, 0.25) is 0 Å².